The van der Waals surface area contributed by atoms with Gasteiger partial charge in [-0.3, -0.25) is 9.78 Å². The van der Waals surface area contributed by atoms with Crippen molar-refractivity contribution in [3.8, 4) is 0 Å². The maximum atomic E-state index is 11.3. The summed E-state index contributed by atoms with van der Waals surface area (Å²) < 4.78 is 0. The highest BCUT2D eigenvalue weighted by Crippen LogP contribution is 2.09. The molecule has 1 amide bonds. The van der Waals surface area contributed by atoms with Gasteiger partial charge < -0.3 is 5.21 Å². The van der Waals surface area contributed by atoms with Crippen LogP contribution < -0.4 is 0 Å². The van der Waals surface area contributed by atoms with E-state index in [1.165, 1.54) is 6.20 Å². The molecule has 1 N–H and O–H groups in total. The summed E-state index contributed by atoms with van der Waals surface area (Å²) in [5.41, 5.74) is 9.69. The number of fused-ring (bicyclic) bond motifs is 1. The second-order valence-corrected chi connectivity index (χ2v) is 3.57. The Kier molecular flexibility index (Phi) is 3.65. The maximum absolute atomic E-state index is 11.3. The van der Waals surface area contributed by atoms with E-state index < -0.39 is 5.91 Å². The van der Waals surface area contributed by atoms with Crippen molar-refractivity contribution in [2.75, 3.05) is 0 Å². The molecule has 0 saturated heterocycles. The topological polar surface area (TPSA) is 124 Å². The summed E-state index contributed by atoms with van der Waals surface area (Å²) in [5, 5.41) is 14.4. The summed E-state index contributed by atoms with van der Waals surface area (Å²) in [6, 6.07) is 7.23. The number of benzene rings is 1. The Morgan fingerprint density at radius 2 is 2.11 bits per heavy atom. The van der Waals surface area contributed by atoms with Gasteiger partial charge in [-0.2, -0.15) is 0 Å². The highest BCUT2D eigenvalue weighted by atomic mass is 16.4. The number of para-hydroxylation sites is 2. The molecule has 0 aliphatic rings. The first-order valence-electron chi connectivity index (χ1n) is 5.25. The molecule has 0 atom stereocenters. The van der Waals surface area contributed by atoms with Crippen LogP contribution in [0.1, 0.15) is 5.69 Å². The number of carbonyl (C=O) groups excluding carboxylic acids is 1. The molecule has 19 heavy (non-hydrogen) atoms. The molecule has 1 aromatic carbocycles. The Morgan fingerprint density at radius 3 is 2.79 bits per heavy atom. The zero-order valence-corrected chi connectivity index (χ0v) is 9.63. The molecule has 0 aliphatic heterocycles. The van der Waals surface area contributed by atoms with Crippen LogP contribution in [0.4, 0.5) is 0 Å². The van der Waals surface area contributed by atoms with Gasteiger partial charge in [0.1, 0.15) is 5.71 Å². The van der Waals surface area contributed by atoms with Crippen molar-refractivity contribution >= 4 is 22.7 Å². The van der Waals surface area contributed by atoms with Crippen LogP contribution in [-0.4, -0.2) is 26.8 Å². The van der Waals surface area contributed by atoms with Gasteiger partial charge in [0.15, 0.2) is 0 Å². The van der Waals surface area contributed by atoms with Crippen LogP contribution in [0.5, 0.6) is 0 Å². The van der Waals surface area contributed by atoms with Crippen molar-refractivity contribution < 1.29 is 10.0 Å². The first-order valence-corrected chi connectivity index (χ1v) is 5.25. The van der Waals surface area contributed by atoms with Crippen LogP contribution in [0.2, 0.25) is 0 Å². The van der Waals surface area contributed by atoms with E-state index in [0.29, 0.717) is 11.2 Å². The Balaban J connectivity index is 2.30. The van der Waals surface area contributed by atoms with E-state index in [4.69, 9.17) is 10.7 Å². The lowest BCUT2D eigenvalue weighted by molar-refractivity contribution is -0.112. The molecular formula is C11H8N6O2. The Labute approximate surface area is 107 Å². The zero-order valence-electron chi connectivity index (χ0n) is 9.63. The lowest BCUT2D eigenvalue weighted by Crippen LogP contribution is -2.15. The lowest BCUT2D eigenvalue weighted by atomic mass is 10.2. The first kappa shape index (κ1) is 12.5. The molecule has 8 nitrogen and oxygen atoms in total. The SMILES string of the molecule is [N-]=[N+]=NC(=O)C(Cc1cnc2ccccc2n1)=NO. The molecule has 94 valence electrons. The number of hydrogen-bond acceptors (Lipinski definition) is 5. The van der Waals surface area contributed by atoms with E-state index in [1.807, 2.05) is 12.1 Å². The molecule has 0 saturated carbocycles. The van der Waals surface area contributed by atoms with Gasteiger partial charge in [0.2, 0.25) is 0 Å². The van der Waals surface area contributed by atoms with E-state index in [-0.39, 0.29) is 12.1 Å². The molecule has 8 heteroatoms. The number of oxime groups is 1. The largest absolute Gasteiger partial charge is 0.411 e. The molecule has 1 heterocycles. The summed E-state index contributed by atoms with van der Waals surface area (Å²) in [6.07, 6.45) is 1.41. The van der Waals surface area contributed by atoms with Gasteiger partial charge in [-0.15, -0.1) is 0 Å². The van der Waals surface area contributed by atoms with Gasteiger partial charge >= 0.3 is 0 Å². The Hall–Kier alpha value is -2.99. The third-order valence-electron chi connectivity index (χ3n) is 2.35. The van der Waals surface area contributed by atoms with Gasteiger partial charge in [0.25, 0.3) is 5.91 Å². The summed E-state index contributed by atoms with van der Waals surface area (Å²) in [6.45, 7) is 0. The molecule has 2 rings (SSSR count). The summed E-state index contributed by atoms with van der Waals surface area (Å²) >= 11 is 0. The number of nitrogens with zero attached hydrogens (tertiary/aromatic N) is 6. The quantitative estimate of drug-likeness (QED) is 0.224. The molecule has 0 spiro atoms. The van der Waals surface area contributed by atoms with Gasteiger partial charge in [-0.25, -0.2) is 4.98 Å². The smallest absolute Gasteiger partial charge is 0.267 e. The molecule has 0 radical (unpaired) electrons. The number of hydrogen-bond donors (Lipinski definition) is 1. The van der Waals surface area contributed by atoms with Crippen molar-refractivity contribution in [2.24, 2.45) is 10.3 Å². The molecule has 0 unspecified atom stereocenters. The minimum absolute atomic E-state index is 0.0633. The van der Waals surface area contributed by atoms with E-state index in [2.05, 4.69) is 25.1 Å². The fourth-order valence-corrected chi connectivity index (χ4v) is 1.50. The van der Waals surface area contributed by atoms with E-state index >= 15 is 0 Å². The fraction of sp³-hybridized carbons (Fsp3) is 0.0909. The highest BCUT2D eigenvalue weighted by Gasteiger charge is 2.12. The third-order valence-corrected chi connectivity index (χ3v) is 2.35. The Bertz CT molecular complexity index is 705. The number of aromatic nitrogens is 2. The van der Waals surface area contributed by atoms with Crippen LogP contribution in [0.15, 0.2) is 40.7 Å². The van der Waals surface area contributed by atoms with Gasteiger partial charge in [0.05, 0.1) is 16.7 Å². The van der Waals surface area contributed by atoms with Crippen molar-refractivity contribution in [1.82, 2.24) is 9.97 Å². The van der Waals surface area contributed by atoms with E-state index in [1.54, 1.807) is 12.1 Å². The first-order chi connectivity index (χ1) is 9.24. The zero-order chi connectivity index (χ0) is 13.7. The number of amides is 1. The van der Waals surface area contributed by atoms with Crippen LogP contribution >= 0.6 is 0 Å². The minimum atomic E-state index is -0.944. The molecule has 2 aromatic rings. The Morgan fingerprint density at radius 1 is 1.37 bits per heavy atom. The van der Waals surface area contributed by atoms with Crippen LogP contribution in [0.25, 0.3) is 21.5 Å². The average Bonchev–Trinajstić information content (AvgIpc) is 2.44. The van der Waals surface area contributed by atoms with Crippen molar-refractivity contribution in [1.29, 1.82) is 0 Å². The molecule has 0 aliphatic carbocycles. The number of carbonyl (C=O) groups is 1. The number of rotatable bonds is 3. The van der Waals surface area contributed by atoms with Crippen LogP contribution in [-0.2, 0) is 11.2 Å². The van der Waals surface area contributed by atoms with Gasteiger partial charge in [-0.05, 0) is 22.8 Å². The van der Waals surface area contributed by atoms with Gasteiger partial charge in [0, 0.05) is 17.5 Å². The van der Waals surface area contributed by atoms with E-state index in [0.717, 1.165) is 5.52 Å². The van der Waals surface area contributed by atoms with Crippen molar-refractivity contribution in [3.63, 3.8) is 0 Å². The molecular weight excluding hydrogens is 248 g/mol. The summed E-state index contributed by atoms with van der Waals surface area (Å²) in [4.78, 5) is 22.1. The minimum Gasteiger partial charge on any atom is -0.411 e. The predicted molar refractivity (Wildman–Crippen MR) is 66.6 cm³/mol. The van der Waals surface area contributed by atoms with Crippen molar-refractivity contribution in [3.05, 3.63) is 46.6 Å². The lowest BCUT2D eigenvalue weighted by Gasteiger charge is -2.01. The summed E-state index contributed by atoms with van der Waals surface area (Å²) in [7, 11) is 0. The molecule has 0 fully saturated rings. The predicted octanol–water partition coefficient (Wildman–Crippen LogP) is 1.84. The normalized spacial score (nSPS) is 11.1. The van der Waals surface area contributed by atoms with Crippen molar-refractivity contribution in [2.45, 2.75) is 6.42 Å². The standard InChI is InChI=1S/C11H8N6O2/c12-17-15-11(18)10(16-19)5-7-6-13-8-3-1-2-4-9(8)14-7/h1-4,6,19H,5H2. The average molecular weight is 256 g/mol. The van der Waals surface area contributed by atoms with Gasteiger partial charge in [-0.1, -0.05) is 17.3 Å². The van der Waals surface area contributed by atoms with Crippen LogP contribution in [0.3, 0.4) is 0 Å². The van der Waals surface area contributed by atoms with E-state index in [9.17, 15) is 4.79 Å². The summed E-state index contributed by atoms with van der Waals surface area (Å²) in [5.74, 6) is -0.944. The second kappa shape index (κ2) is 5.56. The molecule has 0 bridgehead atoms. The maximum Gasteiger partial charge on any atom is 0.267 e. The second-order valence-electron chi connectivity index (χ2n) is 3.57. The fourth-order valence-electron chi connectivity index (χ4n) is 1.50. The molecule has 1 aromatic heterocycles. The highest BCUT2D eigenvalue weighted by molar-refractivity contribution is 6.39. The third kappa shape index (κ3) is 2.82. The monoisotopic (exact) mass is 256 g/mol. The number of azide groups is 1. The van der Waals surface area contributed by atoms with Crippen LogP contribution in [0, 0.1) is 0 Å².